The molecule has 0 saturated carbocycles. The number of para-hydroxylation sites is 2. The number of benzene rings is 1. The lowest BCUT2D eigenvalue weighted by molar-refractivity contribution is -0.0905. The summed E-state index contributed by atoms with van der Waals surface area (Å²) in [7, 11) is 1.55. The summed E-state index contributed by atoms with van der Waals surface area (Å²) in [5, 5.41) is 23.9. The minimum Gasteiger partial charge on any atom is -0.495 e. The number of hydrogen-bond donors (Lipinski definition) is 3. The molecule has 0 radical (unpaired) electrons. The van der Waals surface area contributed by atoms with Gasteiger partial charge in [0, 0.05) is 24.5 Å². The lowest BCUT2D eigenvalue weighted by Crippen LogP contribution is -2.52. The number of aliphatic hydroxyl groups excluding tert-OH is 1. The second-order valence-electron chi connectivity index (χ2n) is 7.86. The van der Waals surface area contributed by atoms with Crippen LogP contribution in [-0.4, -0.2) is 63.1 Å². The molecule has 10 nitrogen and oxygen atoms in total. The Bertz CT molecular complexity index is 1040. The van der Waals surface area contributed by atoms with Gasteiger partial charge in [-0.2, -0.15) is 0 Å². The van der Waals surface area contributed by atoms with Crippen LogP contribution in [0.5, 0.6) is 5.75 Å². The second kappa shape index (κ2) is 10.9. The van der Waals surface area contributed by atoms with E-state index in [2.05, 4.69) is 25.9 Å². The van der Waals surface area contributed by atoms with Crippen molar-refractivity contribution >= 4 is 11.7 Å². The van der Waals surface area contributed by atoms with Crippen LogP contribution >= 0.6 is 0 Å². The molecular formula is C23H28N6O4. The molecule has 0 unspecified atom stereocenters. The van der Waals surface area contributed by atoms with Crippen LogP contribution in [0.2, 0.25) is 0 Å². The summed E-state index contributed by atoms with van der Waals surface area (Å²) < 4.78 is 13.1. The van der Waals surface area contributed by atoms with E-state index in [0.717, 1.165) is 24.1 Å². The molecule has 2 aromatic heterocycles. The number of aromatic nitrogens is 4. The van der Waals surface area contributed by atoms with Crippen molar-refractivity contribution in [2.45, 2.75) is 44.1 Å². The number of aliphatic hydroxyl groups is 1. The van der Waals surface area contributed by atoms with Crippen molar-refractivity contribution in [2.24, 2.45) is 0 Å². The molecular weight excluding hydrogens is 424 g/mol. The number of pyridine rings is 1. The fraction of sp³-hybridized carbons (Fsp3) is 0.391. The first kappa shape index (κ1) is 22.7. The lowest BCUT2D eigenvalue weighted by Gasteiger charge is -2.36. The number of rotatable bonds is 8. The number of aryl methyl sites for hydroxylation is 1. The number of amides is 2. The van der Waals surface area contributed by atoms with Crippen molar-refractivity contribution in [3.63, 3.8) is 0 Å². The molecule has 2 amide bonds. The number of nitrogens with zero attached hydrogens (tertiary/aromatic N) is 4. The van der Waals surface area contributed by atoms with Gasteiger partial charge < -0.3 is 25.2 Å². The molecule has 3 heterocycles. The first-order valence-corrected chi connectivity index (χ1v) is 10.9. The predicted octanol–water partition coefficient (Wildman–Crippen LogP) is 2.47. The van der Waals surface area contributed by atoms with Gasteiger partial charge in [0.2, 0.25) is 0 Å². The Morgan fingerprint density at radius 3 is 2.94 bits per heavy atom. The van der Waals surface area contributed by atoms with Gasteiger partial charge in [-0.15, -0.1) is 5.10 Å². The van der Waals surface area contributed by atoms with Crippen molar-refractivity contribution in [1.82, 2.24) is 25.3 Å². The maximum atomic E-state index is 12.5. The van der Waals surface area contributed by atoms with Crippen molar-refractivity contribution in [3.8, 4) is 17.0 Å². The SMILES string of the molecule is COc1ccccc1NC(=O)N[C@H]1CC[C@H](CCn2cc(-c3cccnc3)nn2)O[C@@H]1CO. The number of methoxy groups -OCH3 is 1. The first-order chi connectivity index (χ1) is 16.2. The van der Waals surface area contributed by atoms with Gasteiger partial charge >= 0.3 is 6.03 Å². The molecule has 1 saturated heterocycles. The Morgan fingerprint density at radius 2 is 2.15 bits per heavy atom. The van der Waals surface area contributed by atoms with E-state index in [1.807, 2.05) is 30.5 Å². The van der Waals surface area contributed by atoms with E-state index in [9.17, 15) is 9.90 Å². The summed E-state index contributed by atoms with van der Waals surface area (Å²) in [5.74, 6) is 0.575. The first-order valence-electron chi connectivity index (χ1n) is 10.9. The van der Waals surface area contributed by atoms with Gasteiger partial charge in [-0.05, 0) is 43.5 Å². The maximum Gasteiger partial charge on any atom is 0.319 e. The van der Waals surface area contributed by atoms with Crippen molar-refractivity contribution < 1.29 is 19.4 Å². The third kappa shape index (κ3) is 5.85. The van der Waals surface area contributed by atoms with Crippen LogP contribution < -0.4 is 15.4 Å². The zero-order valence-electron chi connectivity index (χ0n) is 18.4. The van der Waals surface area contributed by atoms with Crippen molar-refractivity contribution in [1.29, 1.82) is 0 Å². The van der Waals surface area contributed by atoms with Gasteiger partial charge in [0.25, 0.3) is 0 Å². The molecule has 3 N–H and O–H groups in total. The standard InChI is InChI=1S/C23H28N6O4/c1-32-21-7-3-2-6-18(21)25-23(31)26-19-9-8-17(33-22(19)15-30)10-12-29-14-20(27-28-29)16-5-4-11-24-13-16/h2-7,11,13-14,17,19,22,30H,8-10,12,15H2,1H3,(H2,25,26,31)/t17-,19+,22-/m1/s1. The Kier molecular flexibility index (Phi) is 7.48. The molecule has 0 spiro atoms. The Morgan fingerprint density at radius 1 is 1.27 bits per heavy atom. The molecule has 1 fully saturated rings. The zero-order chi connectivity index (χ0) is 23.0. The van der Waals surface area contributed by atoms with Gasteiger partial charge in [-0.1, -0.05) is 17.3 Å². The normalized spacial score (nSPS) is 20.2. The average Bonchev–Trinajstić information content (AvgIpc) is 3.33. The topological polar surface area (TPSA) is 123 Å². The highest BCUT2D eigenvalue weighted by atomic mass is 16.5. The maximum absolute atomic E-state index is 12.5. The fourth-order valence-corrected chi connectivity index (χ4v) is 3.91. The van der Waals surface area contributed by atoms with Gasteiger partial charge in [-0.3, -0.25) is 9.67 Å². The van der Waals surface area contributed by atoms with E-state index in [-0.39, 0.29) is 24.8 Å². The molecule has 1 aliphatic heterocycles. The highest BCUT2D eigenvalue weighted by Gasteiger charge is 2.32. The van der Waals surface area contributed by atoms with Gasteiger partial charge in [0.05, 0.1) is 37.7 Å². The fourth-order valence-electron chi connectivity index (χ4n) is 3.91. The van der Waals surface area contributed by atoms with Gasteiger partial charge in [0.1, 0.15) is 17.5 Å². The molecule has 1 aromatic carbocycles. The van der Waals surface area contributed by atoms with Crippen molar-refractivity contribution in [2.75, 3.05) is 19.0 Å². The smallest absolute Gasteiger partial charge is 0.319 e. The number of nitrogens with one attached hydrogen (secondary N) is 2. The van der Waals surface area contributed by atoms with Crippen LogP contribution in [0.1, 0.15) is 19.3 Å². The average molecular weight is 453 g/mol. The third-order valence-electron chi connectivity index (χ3n) is 5.64. The summed E-state index contributed by atoms with van der Waals surface area (Å²) in [6.45, 7) is 0.465. The highest BCUT2D eigenvalue weighted by molar-refractivity contribution is 5.91. The molecule has 174 valence electrons. The number of ether oxygens (including phenoxy) is 2. The van der Waals surface area contributed by atoms with E-state index in [4.69, 9.17) is 9.47 Å². The van der Waals surface area contributed by atoms with E-state index < -0.39 is 6.10 Å². The second-order valence-corrected chi connectivity index (χ2v) is 7.86. The zero-order valence-corrected chi connectivity index (χ0v) is 18.4. The van der Waals surface area contributed by atoms with Crippen LogP contribution in [-0.2, 0) is 11.3 Å². The van der Waals surface area contributed by atoms with Crippen molar-refractivity contribution in [3.05, 3.63) is 55.0 Å². The van der Waals surface area contributed by atoms with E-state index >= 15 is 0 Å². The largest absolute Gasteiger partial charge is 0.495 e. The number of urea groups is 1. The number of carbonyl (C=O) groups excluding carboxylic acids is 1. The summed E-state index contributed by atoms with van der Waals surface area (Å²) in [6.07, 6.45) is 7.03. The van der Waals surface area contributed by atoms with Crippen LogP contribution in [0, 0.1) is 0 Å². The molecule has 3 aromatic rings. The Balaban J connectivity index is 1.27. The molecule has 4 rings (SSSR count). The molecule has 3 atom stereocenters. The number of carbonyl (C=O) groups is 1. The highest BCUT2D eigenvalue weighted by Crippen LogP contribution is 2.25. The monoisotopic (exact) mass is 452 g/mol. The Labute approximate surface area is 191 Å². The minimum atomic E-state index is -0.478. The summed E-state index contributed by atoms with van der Waals surface area (Å²) in [4.78, 5) is 16.6. The number of anilines is 1. The number of hydrogen-bond acceptors (Lipinski definition) is 7. The van der Waals surface area contributed by atoms with E-state index in [0.29, 0.717) is 24.4 Å². The van der Waals surface area contributed by atoms with Crippen LogP contribution in [0.25, 0.3) is 11.3 Å². The van der Waals surface area contributed by atoms with Crippen LogP contribution in [0.4, 0.5) is 10.5 Å². The quantitative estimate of drug-likeness (QED) is 0.480. The van der Waals surface area contributed by atoms with Gasteiger partial charge in [-0.25, -0.2) is 4.79 Å². The summed E-state index contributed by atoms with van der Waals surface area (Å²) >= 11 is 0. The van der Waals surface area contributed by atoms with E-state index in [1.165, 1.54) is 0 Å². The lowest BCUT2D eigenvalue weighted by atomic mass is 9.97. The van der Waals surface area contributed by atoms with Crippen LogP contribution in [0.3, 0.4) is 0 Å². The summed E-state index contributed by atoms with van der Waals surface area (Å²) in [5.41, 5.74) is 2.26. The summed E-state index contributed by atoms with van der Waals surface area (Å²) in [6, 6.07) is 10.3. The molecule has 0 aliphatic carbocycles. The van der Waals surface area contributed by atoms with Crippen LogP contribution in [0.15, 0.2) is 55.0 Å². The molecule has 10 heteroatoms. The van der Waals surface area contributed by atoms with Gasteiger partial charge in [0.15, 0.2) is 0 Å². The molecule has 0 bridgehead atoms. The van der Waals surface area contributed by atoms with E-state index in [1.54, 1.807) is 36.3 Å². The minimum absolute atomic E-state index is 0.0384. The molecule has 33 heavy (non-hydrogen) atoms. The predicted molar refractivity (Wildman–Crippen MR) is 122 cm³/mol. The third-order valence-corrected chi connectivity index (χ3v) is 5.64. The Hall–Kier alpha value is -3.50. The molecule has 1 aliphatic rings.